The second-order valence-electron chi connectivity index (χ2n) is 8.28. The first-order valence-electron chi connectivity index (χ1n) is 10.9. The third-order valence-corrected chi connectivity index (χ3v) is 6.95. The second-order valence-corrected chi connectivity index (χ2v) is 9.40. The largest absolute Gasteiger partial charge is 0.375 e. The van der Waals surface area contributed by atoms with Crippen LogP contribution in [0.25, 0.3) is 22.5 Å². The predicted octanol–water partition coefficient (Wildman–Crippen LogP) is 5.18. The highest BCUT2D eigenvalue weighted by Gasteiger charge is 2.20. The van der Waals surface area contributed by atoms with Gasteiger partial charge >= 0.3 is 0 Å². The number of nitrogens with zero attached hydrogens (tertiary/aromatic N) is 4. The Bertz CT molecular complexity index is 1230. The van der Waals surface area contributed by atoms with Crippen molar-refractivity contribution in [1.29, 1.82) is 0 Å². The highest BCUT2D eigenvalue weighted by atomic mass is 32.1. The number of fused-ring (bicyclic) bond motifs is 1. The average molecular weight is 442 g/mol. The van der Waals surface area contributed by atoms with E-state index in [9.17, 15) is 0 Å². The van der Waals surface area contributed by atoms with Gasteiger partial charge in [-0.3, -0.25) is 4.68 Å². The van der Waals surface area contributed by atoms with Gasteiger partial charge in [0, 0.05) is 42.1 Å². The van der Waals surface area contributed by atoms with Crippen LogP contribution in [0.5, 0.6) is 0 Å². The van der Waals surface area contributed by atoms with Gasteiger partial charge in [-0.05, 0) is 24.6 Å². The standard InChI is InChI=1S/C26H27N5S/c1-18-7-6-10-21(15-18)23-16-24(20-8-4-3-5-9-20)31(29-23)17-19(2)30-13-11-22-25(12-14-30)32-26(27)28-22/h3-10,15-16H,2,11-14,17H2,1H3,(H2,27,28). The van der Waals surface area contributed by atoms with E-state index in [1.165, 1.54) is 10.4 Å². The van der Waals surface area contributed by atoms with Gasteiger partial charge in [-0.15, -0.1) is 11.3 Å². The Hall–Kier alpha value is -3.38. The number of hydrogen-bond acceptors (Lipinski definition) is 5. The van der Waals surface area contributed by atoms with Crippen molar-refractivity contribution in [3.05, 3.63) is 89.1 Å². The molecule has 2 N–H and O–H groups in total. The van der Waals surface area contributed by atoms with E-state index < -0.39 is 0 Å². The summed E-state index contributed by atoms with van der Waals surface area (Å²) in [4.78, 5) is 8.19. The summed E-state index contributed by atoms with van der Waals surface area (Å²) in [6.07, 6.45) is 1.86. The molecule has 4 aromatic rings. The van der Waals surface area contributed by atoms with Crippen LogP contribution in [0.1, 0.15) is 16.1 Å². The molecule has 2 aromatic carbocycles. The van der Waals surface area contributed by atoms with Crippen molar-refractivity contribution in [2.75, 3.05) is 18.8 Å². The fourth-order valence-electron chi connectivity index (χ4n) is 4.30. The fourth-order valence-corrected chi connectivity index (χ4v) is 5.16. The number of thiazole rings is 1. The topological polar surface area (TPSA) is 60.0 Å². The van der Waals surface area contributed by atoms with Crippen molar-refractivity contribution in [3.63, 3.8) is 0 Å². The van der Waals surface area contributed by atoms with Crippen LogP contribution in [0, 0.1) is 6.92 Å². The maximum absolute atomic E-state index is 5.90. The molecule has 2 aromatic heterocycles. The van der Waals surface area contributed by atoms with Crippen molar-refractivity contribution in [1.82, 2.24) is 19.7 Å². The van der Waals surface area contributed by atoms with E-state index in [2.05, 4.69) is 82.7 Å². The number of aromatic nitrogens is 3. The SMILES string of the molecule is C=C(Cn1nc(-c2cccc(C)c2)cc1-c1ccccc1)N1CCc2nc(N)sc2CC1. The van der Waals surface area contributed by atoms with E-state index in [1.54, 1.807) is 11.3 Å². The fraction of sp³-hybridized carbons (Fsp3) is 0.231. The molecule has 0 saturated carbocycles. The molecule has 0 fully saturated rings. The average Bonchev–Trinajstić information content (AvgIpc) is 3.31. The van der Waals surface area contributed by atoms with E-state index >= 15 is 0 Å². The number of nitrogen functional groups attached to an aromatic ring is 1. The number of anilines is 1. The lowest BCUT2D eigenvalue weighted by molar-refractivity contribution is 0.339. The van der Waals surface area contributed by atoms with Gasteiger partial charge in [0.25, 0.3) is 0 Å². The summed E-state index contributed by atoms with van der Waals surface area (Å²) < 4.78 is 2.09. The molecule has 5 rings (SSSR count). The van der Waals surface area contributed by atoms with Gasteiger partial charge < -0.3 is 10.6 Å². The molecule has 0 aliphatic carbocycles. The molecular formula is C26H27N5S. The van der Waals surface area contributed by atoms with Gasteiger partial charge in [0.2, 0.25) is 0 Å². The van der Waals surface area contributed by atoms with Gasteiger partial charge in [0.15, 0.2) is 5.13 Å². The summed E-state index contributed by atoms with van der Waals surface area (Å²) in [5.41, 5.74) is 13.7. The normalized spacial score (nSPS) is 13.6. The van der Waals surface area contributed by atoms with Gasteiger partial charge in [-0.2, -0.15) is 5.10 Å². The molecule has 0 spiro atoms. The highest BCUT2D eigenvalue weighted by molar-refractivity contribution is 7.15. The molecule has 5 nitrogen and oxygen atoms in total. The molecule has 1 aliphatic heterocycles. The molecule has 0 saturated heterocycles. The van der Waals surface area contributed by atoms with Crippen LogP contribution in [0.3, 0.4) is 0 Å². The Morgan fingerprint density at radius 3 is 2.62 bits per heavy atom. The minimum Gasteiger partial charge on any atom is -0.375 e. The van der Waals surface area contributed by atoms with E-state index in [1.807, 2.05) is 6.07 Å². The first-order valence-corrected chi connectivity index (χ1v) is 11.8. The summed E-state index contributed by atoms with van der Waals surface area (Å²) in [6.45, 7) is 9.03. The lowest BCUT2D eigenvalue weighted by Crippen LogP contribution is -2.28. The Balaban J connectivity index is 1.42. The quantitative estimate of drug-likeness (QED) is 0.464. The maximum Gasteiger partial charge on any atom is 0.180 e. The minimum absolute atomic E-state index is 0.652. The lowest BCUT2D eigenvalue weighted by Gasteiger charge is -2.25. The van der Waals surface area contributed by atoms with Crippen LogP contribution in [-0.4, -0.2) is 32.8 Å². The molecule has 162 valence electrons. The number of benzene rings is 2. The molecule has 0 atom stereocenters. The zero-order valence-corrected chi connectivity index (χ0v) is 19.1. The van der Waals surface area contributed by atoms with Crippen LogP contribution >= 0.6 is 11.3 Å². The molecule has 1 aliphatic rings. The first-order chi connectivity index (χ1) is 15.6. The molecule has 3 heterocycles. The number of hydrogen-bond donors (Lipinski definition) is 1. The van der Waals surface area contributed by atoms with Gasteiger partial charge in [0.1, 0.15) is 0 Å². The van der Waals surface area contributed by atoms with Crippen LogP contribution in [-0.2, 0) is 19.4 Å². The summed E-state index contributed by atoms with van der Waals surface area (Å²) in [5, 5.41) is 5.68. The number of rotatable bonds is 5. The predicted molar refractivity (Wildman–Crippen MR) is 132 cm³/mol. The number of allylic oxidation sites excluding steroid dienone is 1. The van der Waals surface area contributed by atoms with Crippen molar-refractivity contribution in [2.24, 2.45) is 0 Å². The summed E-state index contributed by atoms with van der Waals surface area (Å²) in [7, 11) is 0. The van der Waals surface area contributed by atoms with Crippen LogP contribution in [0.4, 0.5) is 5.13 Å². The summed E-state index contributed by atoms with van der Waals surface area (Å²) >= 11 is 1.62. The second kappa shape index (κ2) is 8.63. The zero-order chi connectivity index (χ0) is 22.1. The Labute approximate surface area is 192 Å². The van der Waals surface area contributed by atoms with E-state index in [0.717, 1.165) is 59.8 Å². The smallest absolute Gasteiger partial charge is 0.180 e. The molecule has 0 bridgehead atoms. The van der Waals surface area contributed by atoms with Crippen LogP contribution in [0.15, 0.2) is 72.9 Å². The van der Waals surface area contributed by atoms with Crippen molar-refractivity contribution in [3.8, 4) is 22.5 Å². The highest BCUT2D eigenvalue weighted by Crippen LogP contribution is 2.29. The minimum atomic E-state index is 0.652. The molecule has 0 radical (unpaired) electrons. The molecule has 0 amide bonds. The third kappa shape index (κ3) is 4.18. The first kappa shape index (κ1) is 20.5. The van der Waals surface area contributed by atoms with Crippen molar-refractivity contribution in [2.45, 2.75) is 26.3 Å². The number of aryl methyl sites for hydroxylation is 1. The van der Waals surface area contributed by atoms with Gasteiger partial charge in [-0.25, -0.2) is 4.98 Å². The summed E-state index contributed by atoms with van der Waals surface area (Å²) in [6, 6.07) is 21.1. The Morgan fingerprint density at radius 1 is 1.03 bits per heavy atom. The lowest BCUT2D eigenvalue weighted by atomic mass is 10.1. The zero-order valence-electron chi connectivity index (χ0n) is 18.3. The Morgan fingerprint density at radius 2 is 1.81 bits per heavy atom. The third-order valence-electron chi connectivity index (χ3n) is 5.96. The molecule has 0 unspecified atom stereocenters. The van der Waals surface area contributed by atoms with Crippen molar-refractivity contribution >= 4 is 16.5 Å². The molecule has 32 heavy (non-hydrogen) atoms. The molecular weight excluding hydrogens is 414 g/mol. The van der Waals surface area contributed by atoms with Crippen molar-refractivity contribution < 1.29 is 0 Å². The van der Waals surface area contributed by atoms with Gasteiger partial charge in [-0.1, -0.05) is 60.7 Å². The maximum atomic E-state index is 5.90. The summed E-state index contributed by atoms with van der Waals surface area (Å²) in [5.74, 6) is 0. The molecule has 6 heteroatoms. The van der Waals surface area contributed by atoms with Gasteiger partial charge in [0.05, 0.1) is 23.6 Å². The monoisotopic (exact) mass is 441 g/mol. The van der Waals surface area contributed by atoms with E-state index in [-0.39, 0.29) is 0 Å². The number of nitrogens with two attached hydrogens (primary N) is 1. The van der Waals surface area contributed by atoms with Crippen LogP contribution < -0.4 is 5.73 Å². The van der Waals surface area contributed by atoms with E-state index in [4.69, 9.17) is 10.8 Å². The Kier molecular flexibility index (Phi) is 5.53. The van der Waals surface area contributed by atoms with E-state index in [0.29, 0.717) is 11.7 Å². The van der Waals surface area contributed by atoms with Crippen LogP contribution in [0.2, 0.25) is 0 Å².